The third kappa shape index (κ3) is 3.00. The van der Waals surface area contributed by atoms with E-state index in [0.29, 0.717) is 12.1 Å². The van der Waals surface area contributed by atoms with Crippen LogP contribution in [0.25, 0.3) is 0 Å². The molecule has 1 spiro atoms. The predicted octanol–water partition coefficient (Wildman–Crippen LogP) is 4.42. The second-order valence-electron chi connectivity index (χ2n) is 9.26. The quantitative estimate of drug-likeness (QED) is 0.545. The van der Waals surface area contributed by atoms with Gasteiger partial charge in [0.15, 0.2) is 0 Å². The lowest BCUT2D eigenvalue weighted by molar-refractivity contribution is -0.956. The molecule has 4 nitrogen and oxygen atoms in total. The molecule has 3 aliphatic rings. The zero-order valence-electron chi connectivity index (χ0n) is 17.8. The van der Waals surface area contributed by atoms with Gasteiger partial charge in [0.2, 0.25) is 5.60 Å². The summed E-state index contributed by atoms with van der Waals surface area (Å²) in [7, 11) is 1.61. The van der Waals surface area contributed by atoms with E-state index >= 15 is 0 Å². The van der Waals surface area contributed by atoms with Crippen molar-refractivity contribution in [3.8, 4) is 0 Å². The van der Waals surface area contributed by atoms with E-state index in [9.17, 15) is 4.79 Å². The standard InChI is InChI=1S/C26H32NO3/c1-29-26(20-10-4-2-5-11-20,21-12-6-3-7-13-21)25(28)30-24-18-22-14-15-23(19-24)27(22)16-8-9-17-27/h2-7,10-13,22-24H,8-9,14-19H2,1H3/q+1. The van der Waals surface area contributed by atoms with Gasteiger partial charge in [-0.2, -0.15) is 0 Å². The molecular weight excluding hydrogens is 374 g/mol. The van der Waals surface area contributed by atoms with Crippen LogP contribution >= 0.6 is 0 Å². The summed E-state index contributed by atoms with van der Waals surface area (Å²) in [6.45, 7) is 2.65. The number of quaternary nitrogens is 1. The molecule has 3 aliphatic heterocycles. The van der Waals surface area contributed by atoms with Crippen molar-refractivity contribution in [3.63, 3.8) is 0 Å². The Kier molecular flexibility index (Phi) is 5.16. The normalized spacial score (nSPS) is 27.3. The maximum Gasteiger partial charge on any atom is 0.348 e. The van der Waals surface area contributed by atoms with Crippen molar-refractivity contribution in [2.24, 2.45) is 0 Å². The van der Waals surface area contributed by atoms with Crippen molar-refractivity contribution in [3.05, 3.63) is 71.8 Å². The second-order valence-corrected chi connectivity index (χ2v) is 9.26. The lowest BCUT2D eigenvalue weighted by Crippen LogP contribution is -2.60. The van der Waals surface area contributed by atoms with Crippen molar-refractivity contribution in [2.45, 2.75) is 62.3 Å². The van der Waals surface area contributed by atoms with Crippen LogP contribution in [-0.4, -0.2) is 48.8 Å². The number of ether oxygens (including phenoxy) is 2. The maximum atomic E-state index is 13.8. The molecule has 0 saturated carbocycles. The molecule has 0 aromatic heterocycles. The lowest BCUT2D eigenvalue weighted by atomic mass is 9.85. The monoisotopic (exact) mass is 406 g/mol. The smallest absolute Gasteiger partial charge is 0.348 e. The van der Waals surface area contributed by atoms with Gasteiger partial charge in [-0.1, -0.05) is 60.7 Å². The molecule has 0 aliphatic carbocycles. The Morgan fingerprint density at radius 3 is 1.83 bits per heavy atom. The van der Waals surface area contributed by atoms with E-state index in [2.05, 4.69) is 0 Å². The Balaban J connectivity index is 1.43. The number of carbonyl (C=O) groups is 1. The summed E-state index contributed by atoms with van der Waals surface area (Å²) in [5.41, 5.74) is 0.384. The molecule has 2 aromatic rings. The molecule has 158 valence electrons. The van der Waals surface area contributed by atoms with E-state index in [0.717, 1.165) is 24.0 Å². The van der Waals surface area contributed by atoms with Gasteiger partial charge in [0.1, 0.15) is 6.10 Å². The molecule has 3 saturated heterocycles. The molecule has 0 amide bonds. The number of benzene rings is 2. The fraction of sp³-hybridized carbons (Fsp3) is 0.500. The number of methoxy groups -OCH3 is 1. The minimum atomic E-state index is -1.24. The summed E-state index contributed by atoms with van der Waals surface area (Å²) < 4.78 is 13.6. The van der Waals surface area contributed by atoms with E-state index in [4.69, 9.17) is 9.47 Å². The minimum Gasteiger partial charge on any atom is -0.459 e. The van der Waals surface area contributed by atoms with E-state index in [1.165, 1.54) is 43.3 Å². The topological polar surface area (TPSA) is 35.5 Å². The number of esters is 1. The number of rotatable bonds is 5. The molecule has 2 atom stereocenters. The average molecular weight is 407 g/mol. The number of carbonyl (C=O) groups excluding carboxylic acids is 1. The van der Waals surface area contributed by atoms with Crippen molar-refractivity contribution in [1.82, 2.24) is 0 Å². The molecule has 2 unspecified atom stereocenters. The number of piperidine rings is 1. The third-order valence-electron chi connectivity index (χ3n) is 7.98. The molecule has 4 heteroatoms. The van der Waals surface area contributed by atoms with Crippen LogP contribution in [0.1, 0.15) is 49.7 Å². The minimum absolute atomic E-state index is 0.0127. The first-order valence-electron chi connectivity index (χ1n) is 11.4. The van der Waals surface area contributed by atoms with E-state index in [1.54, 1.807) is 7.11 Å². The molecular formula is C26H32NO3+. The zero-order valence-corrected chi connectivity index (χ0v) is 17.8. The van der Waals surface area contributed by atoms with Crippen molar-refractivity contribution < 1.29 is 18.8 Å². The number of hydrogen-bond donors (Lipinski definition) is 0. The van der Waals surface area contributed by atoms with Crippen molar-refractivity contribution >= 4 is 5.97 Å². The van der Waals surface area contributed by atoms with Gasteiger partial charge in [-0.15, -0.1) is 0 Å². The highest BCUT2D eigenvalue weighted by molar-refractivity contribution is 5.86. The molecule has 2 bridgehead atoms. The van der Waals surface area contributed by atoms with Crippen LogP contribution in [0.2, 0.25) is 0 Å². The first-order valence-corrected chi connectivity index (χ1v) is 11.4. The average Bonchev–Trinajstić information content (AvgIpc) is 3.33. The summed E-state index contributed by atoms with van der Waals surface area (Å²) in [5, 5.41) is 0. The first kappa shape index (κ1) is 19.8. The van der Waals surface area contributed by atoms with Crippen LogP contribution < -0.4 is 0 Å². The first-order chi connectivity index (χ1) is 14.7. The maximum absolute atomic E-state index is 13.8. The summed E-state index contributed by atoms with van der Waals surface area (Å²) in [5.74, 6) is -0.290. The van der Waals surface area contributed by atoms with Crippen LogP contribution in [-0.2, 0) is 19.9 Å². The van der Waals surface area contributed by atoms with Gasteiger partial charge in [0.25, 0.3) is 0 Å². The highest BCUT2D eigenvalue weighted by Gasteiger charge is 2.56. The SMILES string of the molecule is COC(C(=O)OC1CC2CCC(C1)[N+]21CCCC1)(c1ccccc1)c1ccccc1. The molecule has 0 radical (unpaired) electrons. The molecule has 3 heterocycles. The zero-order chi connectivity index (χ0) is 20.6. The predicted molar refractivity (Wildman–Crippen MR) is 116 cm³/mol. The molecule has 3 fully saturated rings. The molecule has 0 N–H and O–H groups in total. The number of hydrogen-bond acceptors (Lipinski definition) is 3. The van der Waals surface area contributed by atoms with E-state index < -0.39 is 5.60 Å². The summed E-state index contributed by atoms with van der Waals surface area (Å²) >= 11 is 0. The van der Waals surface area contributed by atoms with Gasteiger partial charge in [0.05, 0.1) is 25.2 Å². The largest absolute Gasteiger partial charge is 0.459 e. The highest BCUT2D eigenvalue weighted by atomic mass is 16.6. The molecule has 2 aromatic carbocycles. The van der Waals surface area contributed by atoms with E-state index in [-0.39, 0.29) is 12.1 Å². The fourth-order valence-corrected chi connectivity index (χ4v) is 6.61. The Morgan fingerprint density at radius 2 is 1.37 bits per heavy atom. The Bertz CT molecular complexity index is 820. The molecule has 5 rings (SSSR count). The van der Waals surface area contributed by atoms with Gasteiger partial charge in [-0.25, -0.2) is 4.79 Å². The summed E-state index contributed by atoms with van der Waals surface area (Å²) in [6, 6.07) is 20.8. The Hall–Kier alpha value is -2.17. The van der Waals surface area contributed by atoms with Gasteiger partial charge >= 0.3 is 5.97 Å². The van der Waals surface area contributed by atoms with Crippen LogP contribution in [0, 0.1) is 0 Å². The van der Waals surface area contributed by atoms with Crippen LogP contribution in [0.5, 0.6) is 0 Å². The third-order valence-corrected chi connectivity index (χ3v) is 7.98. The van der Waals surface area contributed by atoms with Gasteiger partial charge in [0, 0.05) is 45.6 Å². The van der Waals surface area contributed by atoms with Crippen LogP contribution in [0.15, 0.2) is 60.7 Å². The van der Waals surface area contributed by atoms with Gasteiger partial charge < -0.3 is 14.0 Å². The fourth-order valence-electron chi connectivity index (χ4n) is 6.61. The Labute approximate surface area is 179 Å². The lowest BCUT2D eigenvalue weighted by Gasteiger charge is -2.47. The van der Waals surface area contributed by atoms with Crippen molar-refractivity contribution in [2.75, 3.05) is 20.2 Å². The van der Waals surface area contributed by atoms with Gasteiger partial charge in [-0.05, 0) is 11.1 Å². The van der Waals surface area contributed by atoms with E-state index in [1.807, 2.05) is 60.7 Å². The summed E-state index contributed by atoms with van der Waals surface area (Å²) in [4.78, 5) is 13.8. The number of nitrogens with zero attached hydrogens (tertiary/aromatic N) is 1. The van der Waals surface area contributed by atoms with Crippen molar-refractivity contribution in [1.29, 1.82) is 0 Å². The molecule has 30 heavy (non-hydrogen) atoms. The Morgan fingerprint density at radius 1 is 0.867 bits per heavy atom. The van der Waals surface area contributed by atoms with Crippen LogP contribution in [0.3, 0.4) is 0 Å². The van der Waals surface area contributed by atoms with Gasteiger partial charge in [-0.3, -0.25) is 0 Å². The second kappa shape index (κ2) is 7.82. The highest BCUT2D eigenvalue weighted by Crippen LogP contribution is 2.47. The summed E-state index contributed by atoms with van der Waals surface area (Å²) in [6.07, 6.45) is 7.24. The van der Waals surface area contributed by atoms with Crippen LogP contribution in [0.4, 0.5) is 0 Å².